The van der Waals surface area contributed by atoms with Crippen molar-refractivity contribution in [3.05, 3.63) is 108 Å². The predicted octanol–water partition coefficient (Wildman–Crippen LogP) is 3.82. The van der Waals surface area contributed by atoms with Crippen molar-refractivity contribution in [3.8, 4) is 0 Å². The number of nitrogens with two attached hydrogens (primary N) is 1. The Morgan fingerprint density at radius 3 is 1.36 bits per heavy atom. The molecular formula is C22H21NO2. The van der Waals surface area contributed by atoms with Gasteiger partial charge in [0.05, 0.1) is 0 Å². The van der Waals surface area contributed by atoms with Crippen LogP contribution in [0.25, 0.3) is 0 Å². The van der Waals surface area contributed by atoms with Gasteiger partial charge in [0.25, 0.3) is 0 Å². The Hall–Kier alpha value is -2.91. The van der Waals surface area contributed by atoms with E-state index in [0.29, 0.717) is 0 Å². The second-order valence-corrected chi connectivity index (χ2v) is 6.15. The number of carboxylic acids is 1. The largest absolute Gasteiger partial charge is 0.480 e. The zero-order valence-electron chi connectivity index (χ0n) is 13.9. The summed E-state index contributed by atoms with van der Waals surface area (Å²) in [4.78, 5) is 11.5. The van der Waals surface area contributed by atoms with Crippen molar-refractivity contribution < 1.29 is 9.90 Å². The normalized spacial score (nSPS) is 12.5. The van der Waals surface area contributed by atoms with Crippen LogP contribution in [0.2, 0.25) is 0 Å². The van der Waals surface area contributed by atoms with Crippen LogP contribution in [0, 0.1) is 0 Å². The van der Waals surface area contributed by atoms with Crippen molar-refractivity contribution in [1.82, 2.24) is 0 Å². The van der Waals surface area contributed by atoms with E-state index < -0.39 is 17.4 Å². The van der Waals surface area contributed by atoms with Crippen LogP contribution in [0.1, 0.15) is 23.1 Å². The van der Waals surface area contributed by atoms with Gasteiger partial charge in [0.1, 0.15) is 6.04 Å². The summed E-state index contributed by atoms with van der Waals surface area (Å²) in [6.07, 6.45) is 0.278. The molecule has 0 heterocycles. The number of carboxylic acid groups (broad SMARTS) is 1. The Labute approximate surface area is 147 Å². The first-order valence-electron chi connectivity index (χ1n) is 8.29. The summed E-state index contributed by atoms with van der Waals surface area (Å²) < 4.78 is 0. The second-order valence-electron chi connectivity index (χ2n) is 6.15. The molecule has 3 N–H and O–H groups in total. The van der Waals surface area contributed by atoms with Crippen LogP contribution in [0.4, 0.5) is 0 Å². The third-order valence-electron chi connectivity index (χ3n) is 4.64. The first-order valence-corrected chi connectivity index (χ1v) is 8.29. The average molecular weight is 331 g/mol. The summed E-state index contributed by atoms with van der Waals surface area (Å²) in [5, 5.41) is 9.46. The van der Waals surface area contributed by atoms with Gasteiger partial charge in [-0.1, -0.05) is 91.0 Å². The molecule has 126 valence electrons. The number of hydrogen-bond donors (Lipinski definition) is 2. The lowest BCUT2D eigenvalue weighted by molar-refractivity contribution is -0.138. The topological polar surface area (TPSA) is 63.3 Å². The fourth-order valence-corrected chi connectivity index (χ4v) is 3.44. The van der Waals surface area contributed by atoms with Crippen molar-refractivity contribution in [2.45, 2.75) is 17.9 Å². The first kappa shape index (κ1) is 16.9. The zero-order chi connectivity index (χ0) is 17.7. The van der Waals surface area contributed by atoms with Gasteiger partial charge in [-0.15, -0.1) is 0 Å². The minimum atomic E-state index is -0.993. The molecular weight excluding hydrogens is 310 g/mol. The second kappa shape index (κ2) is 7.32. The monoisotopic (exact) mass is 331 g/mol. The van der Waals surface area contributed by atoms with E-state index in [0.717, 1.165) is 16.7 Å². The number of hydrogen-bond acceptors (Lipinski definition) is 2. The Morgan fingerprint density at radius 2 is 1.08 bits per heavy atom. The van der Waals surface area contributed by atoms with Gasteiger partial charge in [-0.3, -0.25) is 4.79 Å². The van der Waals surface area contributed by atoms with Crippen LogP contribution >= 0.6 is 0 Å². The van der Waals surface area contributed by atoms with E-state index in [1.807, 2.05) is 91.0 Å². The Morgan fingerprint density at radius 1 is 0.760 bits per heavy atom. The number of rotatable bonds is 6. The highest BCUT2D eigenvalue weighted by Gasteiger charge is 2.39. The van der Waals surface area contributed by atoms with Gasteiger partial charge in [-0.05, 0) is 23.1 Å². The van der Waals surface area contributed by atoms with E-state index in [-0.39, 0.29) is 6.42 Å². The van der Waals surface area contributed by atoms with Crippen LogP contribution in [-0.2, 0) is 10.2 Å². The fourth-order valence-electron chi connectivity index (χ4n) is 3.44. The van der Waals surface area contributed by atoms with Crippen LogP contribution in [0.5, 0.6) is 0 Å². The van der Waals surface area contributed by atoms with Crippen LogP contribution in [0.3, 0.4) is 0 Å². The molecule has 3 nitrogen and oxygen atoms in total. The molecule has 1 atom stereocenters. The highest BCUT2D eigenvalue weighted by atomic mass is 16.4. The third-order valence-corrected chi connectivity index (χ3v) is 4.64. The van der Waals surface area contributed by atoms with Crippen molar-refractivity contribution >= 4 is 5.97 Å². The minimum Gasteiger partial charge on any atom is -0.480 e. The summed E-state index contributed by atoms with van der Waals surface area (Å²) in [6, 6.07) is 29.0. The van der Waals surface area contributed by atoms with Crippen LogP contribution in [-0.4, -0.2) is 17.1 Å². The van der Waals surface area contributed by atoms with Gasteiger partial charge >= 0.3 is 5.97 Å². The van der Waals surface area contributed by atoms with E-state index in [1.54, 1.807) is 0 Å². The maximum absolute atomic E-state index is 11.5. The minimum absolute atomic E-state index is 0.278. The van der Waals surface area contributed by atoms with Gasteiger partial charge in [0.15, 0.2) is 0 Å². The summed E-state index contributed by atoms with van der Waals surface area (Å²) >= 11 is 0. The van der Waals surface area contributed by atoms with Crippen molar-refractivity contribution in [2.24, 2.45) is 5.73 Å². The molecule has 3 aromatic carbocycles. The van der Waals surface area contributed by atoms with Crippen LogP contribution < -0.4 is 5.73 Å². The molecule has 0 radical (unpaired) electrons. The van der Waals surface area contributed by atoms with Crippen molar-refractivity contribution in [1.29, 1.82) is 0 Å². The molecule has 0 aliphatic heterocycles. The van der Waals surface area contributed by atoms with E-state index in [1.165, 1.54) is 0 Å². The average Bonchev–Trinajstić information content (AvgIpc) is 2.68. The van der Waals surface area contributed by atoms with E-state index in [4.69, 9.17) is 5.73 Å². The van der Waals surface area contributed by atoms with E-state index in [9.17, 15) is 9.90 Å². The highest BCUT2D eigenvalue weighted by Crippen LogP contribution is 2.42. The Kier molecular flexibility index (Phi) is 4.96. The summed E-state index contributed by atoms with van der Waals surface area (Å²) in [7, 11) is 0. The molecule has 0 amide bonds. The molecule has 0 unspecified atom stereocenters. The van der Waals surface area contributed by atoms with Crippen molar-refractivity contribution in [2.75, 3.05) is 0 Å². The standard InChI is InChI=1S/C22H21NO2/c23-20(21(24)25)16-22(17-10-4-1-5-11-17,18-12-6-2-7-13-18)19-14-8-3-9-15-19/h1-15,20H,16,23H2,(H,24,25)/t20-/m0/s1. The van der Waals surface area contributed by atoms with Gasteiger partial charge in [0, 0.05) is 5.41 Å². The Balaban J connectivity index is 2.29. The molecule has 0 spiro atoms. The number of carbonyl (C=O) groups is 1. The molecule has 0 aliphatic carbocycles. The Bertz CT molecular complexity index is 720. The molecule has 0 saturated carbocycles. The summed E-state index contributed by atoms with van der Waals surface area (Å²) in [6.45, 7) is 0. The molecule has 3 rings (SSSR count). The van der Waals surface area contributed by atoms with Gasteiger partial charge in [0.2, 0.25) is 0 Å². The summed E-state index contributed by atoms with van der Waals surface area (Å²) in [5.41, 5.74) is 8.49. The van der Waals surface area contributed by atoms with Gasteiger partial charge in [-0.2, -0.15) is 0 Å². The predicted molar refractivity (Wildman–Crippen MR) is 99.4 cm³/mol. The lowest BCUT2D eigenvalue weighted by Crippen LogP contribution is -2.41. The van der Waals surface area contributed by atoms with Crippen molar-refractivity contribution in [3.63, 3.8) is 0 Å². The molecule has 0 aliphatic rings. The number of aliphatic carboxylic acids is 1. The lowest BCUT2D eigenvalue weighted by atomic mass is 9.66. The quantitative estimate of drug-likeness (QED) is 0.675. The van der Waals surface area contributed by atoms with E-state index >= 15 is 0 Å². The smallest absolute Gasteiger partial charge is 0.320 e. The maximum Gasteiger partial charge on any atom is 0.320 e. The first-order chi connectivity index (χ1) is 12.1. The summed E-state index contributed by atoms with van der Waals surface area (Å²) in [5.74, 6) is -0.993. The zero-order valence-corrected chi connectivity index (χ0v) is 13.9. The molecule has 0 aromatic heterocycles. The van der Waals surface area contributed by atoms with Gasteiger partial charge in [-0.25, -0.2) is 0 Å². The molecule has 25 heavy (non-hydrogen) atoms. The molecule has 3 aromatic rings. The van der Waals surface area contributed by atoms with Crippen LogP contribution in [0.15, 0.2) is 91.0 Å². The third kappa shape index (κ3) is 3.32. The van der Waals surface area contributed by atoms with Gasteiger partial charge < -0.3 is 10.8 Å². The molecule has 3 heteroatoms. The SMILES string of the molecule is N[C@@H](CC(c1ccccc1)(c1ccccc1)c1ccccc1)C(=O)O. The molecule has 0 bridgehead atoms. The fraction of sp³-hybridized carbons (Fsp3) is 0.136. The molecule has 0 saturated heterocycles. The number of benzene rings is 3. The maximum atomic E-state index is 11.5. The molecule has 0 fully saturated rings. The lowest BCUT2D eigenvalue weighted by Gasteiger charge is -2.37. The van der Waals surface area contributed by atoms with E-state index in [2.05, 4.69) is 0 Å². The highest BCUT2D eigenvalue weighted by molar-refractivity contribution is 5.74.